The average Bonchev–Trinajstić information content (AvgIpc) is 2.41. The monoisotopic (exact) mass is 286 g/mol. The van der Waals surface area contributed by atoms with Crippen LogP contribution in [0.5, 0.6) is 0 Å². The average molecular weight is 286 g/mol. The number of rotatable bonds is 8. The second kappa shape index (κ2) is 8.37. The Kier molecular flexibility index (Phi) is 7.15. The number of amides is 1. The number of ether oxygens (including phenoxy) is 1. The molecule has 0 unspecified atom stereocenters. The first-order chi connectivity index (χ1) is 9.06. The van der Waals surface area contributed by atoms with Gasteiger partial charge in [0.2, 0.25) is 0 Å². The Hall–Kier alpha value is -0.820. The van der Waals surface area contributed by atoms with Crippen LogP contribution in [-0.4, -0.2) is 59.6 Å². The van der Waals surface area contributed by atoms with Gasteiger partial charge in [-0.05, 0) is 25.5 Å². The van der Waals surface area contributed by atoms with Gasteiger partial charge in [-0.2, -0.15) is 0 Å². The number of nitrogens with zero attached hydrogens (tertiary/aromatic N) is 2. The van der Waals surface area contributed by atoms with Crippen molar-refractivity contribution in [3.8, 4) is 0 Å². The third kappa shape index (κ3) is 5.36. The Bertz CT molecular complexity index is 347. The van der Waals surface area contributed by atoms with Gasteiger partial charge in [-0.1, -0.05) is 13.2 Å². The van der Waals surface area contributed by atoms with E-state index in [1.165, 1.54) is 0 Å². The van der Waals surface area contributed by atoms with Crippen molar-refractivity contribution in [3.05, 3.63) is 24.3 Å². The normalized spacial score (nSPS) is 16.6. The first-order valence-corrected chi connectivity index (χ1v) is 7.06. The van der Waals surface area contributed by atoms with E-state index in [1.54, 1.807) is 16.3 Å². The highest BCUT2D eigenvalue weighted by atomic mass is 32.2. The van der Waals surface area contributed by atoms with E-state index in [2.05, 4.69) is 13.2 Å². The number of likely N-dealkylation sites (N-methyl/N-ethyl adjacent to an activating group) is 1. The van der Waals surface area contributed by atoms with Crippen molar-refractivity contribution in [2.75, 3.05) is 39.9 Å². The van der Waals surface area contributed by atoms with Crippen LogP contribution in [0.1, 0.15) is 12.8 Å². The molecule has 6 heteroatoms. The molecule has 0 aromatic rings. The van der Waals surface area contributed by atoms with Gasteiger partial charge in [0.25, 0.3) is 5.91 Å². The topological polar surface area (TPSA) is 53.0 Å². The highest BCUT2D eigenvalue weighted by Gasteiger charge is 2.23. The van der Waals surface area contributed by atoms with Crippen LogP contribution in [0.25, 0.3) is 0 Å². The van der Waals surface area contributed by atoms with Gasteiger partial charge in [0, 0.05) is 31.8 Å². The number of carbonyl (C=O) groups excluding carboxylic acids is 1. The summed E-state index contributed by atoms with van der Waals surface area (Å²) in [5.74, 6) is -0.00679. The molecule has 0 aromatic heterocycles. The molecule has 1 heterocycles. The molecule has 1 fully saturated rings. The maximum absolute atomic E-state index is 11.9. The van der Waals surface area contributed by atoms with Crippen LogP contribution in [-0.2, 0) is 9.53 Å². The molecule has 19 heavy (non-hydrogen) atoms. The first kappa shape index (κ1) is 16.2. The molecular formula is C13H22N2O3S. The molecule has 1 N–H and O–H groups in total. The first-order valence-electron chi connectivity index (χ1n) is 6.33. The van der Waals surface area contributed by atoms with Gasteiger partial charge in [0.1, 0.15) is 0 Å². The Morgan fingerprint density at radius 1 is 1.47 bits per heavy atom. The van der Waals surface area contributed by atoms with Crippen LogP contribution < -0.4 is 0 Å². The molecule has 0 bridgehead atoms. The summed E-state index contributed by atoms with van der Waals surface area (Å²) >= 11 is 0.694. The summed E-state index contributed by atoms with van der Waals surface area (Å²) in [6.07, 6.45) is 1.62. The van der Waals surface area contributed by atoms with Crippen molar-refractivity contribution < 1.29 is 14.1 Å². The molecular weight excluding hydrogens is 264 g/mol. The Morgan fingerprint density at radius 3 is 2.89 bits per heavy atom. The van der Waals surface area contributed by atoms with Gasteiger partial charge in [-0.25, -0.2) is 4.31 Å². The number of carbonyl (C=O) groups is 1. The summed E-state index contributed by atoms with van der Waals surface area (Å²) in [6, 6.07) is 0. The van der Waals surface area contributed by atoms with E-state index in [1.807, 2.05) is 0 Å². The molecule has 0 atom stereocenters. The van der Waals surface area contributed by atoms with Crippen molar-refractivity contribution >= 4 is 18.1 Å². The molecule has 1 aliphatic rings. The highest BCUT2D eigenvalue weighted by molar-refractivity contribution is 7.91. The molecule has 0 aliphatic carbocycles. The molecule has 1 aliphatic heterocycles. The molecule has 1 amide bonds. The maximum atomic E-state index is 11.9. The lowest BCUT2D eigenvalue weighted by molar-refractivity contribution is -0.127. The lowest BCUT2D eigenvalue weighted by Crippen LogP contribution is -2.38. The van der Waals surface area contributed by atoms with E-state index in [0.29, 0.717) is 44.1 Å². The Labute approximate surface area is 119 Å². The van der Waals surface area contributed by atoms with E-state index in [-0.39, 0.29) is 5.91 Å². The molecule has 0 saturated carbocycles. The van der Waals surface area contributed by atoms with E-state index in [9.17, 15) is 4.79 Å². The SMILES string of the molecule is C=C1CCN(CCCOCCN(C)SO)C(=O)C1=C. The summed E-state index contributed by atoms with van der Waals surface area (Å²) in [4.78, 5) is 13.7. The predicted octanol–water partition coefficient (Wildman–Crippen LogP) is 1.79. The fourth-order valence-electron chi connectivity index (χ4n) is 1.77. The van der Waals surface area contributed by atoms with Crippen molar-refractivity contribution in [1.29, 1.82) is 0 Å². The van der Waals surface area contributed by atoms with Crippen molar-refractivity contribution in [1.82, 2.24) is 9.21 Å². The van der Waals surface area contributed by atoms with Gasteiger partial charge in [-0.15, -0.1) is 0 Å². The van der Waals surface area contributed by atoms with Gasteiger partial charge >= 0.3 is 0 Å². The van der Waals surface area contributed by atoms with Crippen LogP contribution in [0, 0.1) is 0 Å². The van der Waals surface area contributed by atoms with Crippen molar-refractivity contribution in [2.45, 2.75) is 12.8 Å². The summed E-state index contributed by atoms with van der Waals surface area (Å²) in [5, 5.41) is 0. The smallest absolute Gasteiger partial charge is 0.253 e. The van der Waals surface area contributed by atoms with Crippen molar-refractivity contribution in [3.63, 3.8) is 0 Å². The minimum Gasteiger partial charge on any atom is -0.380 e. The largest absolute Gasteiger partial charge is 0.380 e. The molecule has 0 aromatic carbocycles. The Balaban J connectivity index is 2.11. The minimum atomic E-state index is -0.00679. The van der Waals surface area contributed by atoms with Gasteiger partial charge in [0.15, 0.2) is 0 Å². The standard InChI is InChI=1S/C13H22N2O3S/c1-11-5-7-15(13(16)12(11)2)6-4-9-18-10-8-14(3)19-17/h17H,1-2,4-10H2,3H3. The van der Waals surface area contributed by atoms with E-state index in [4.69, 9.17) is 9.29 Å². The zero-order chi connectivity index (χ0) is 14.3. The zero-order valence-corrected chi connectivity index (χ0v) is 12.2. The van der Waals surface area contributed by atoms with Gasteiger partial charge in [0.05, 0.1) is 18.8 Å². The molecule has 108 valence electrons. The lowest BCUT2D eigenvalue weighted by Gasteiger charge is -2.29. The highest BCUT2D eigenvalue weighted by Crippen LogP contribution is 2.20. The number of hydrogen-bond donors (Lipinski definition) is 1. The molecule has 5 nitrogen and oxygen atoms in total. The second-order valence-electron chi connectivity index (χ2n) is 4.52. The van der Waals surface area contributed by atoms with Crippen LogP contribution in [0.15, 0.2) is 24.3 Å². The van der Waals surface area contributed by atoms with Crippen LogP contribution >= 0.6 is 12.2 Å². The summed E-state index contributed by atoms with van der Waals surface area (Å²) < 4.78 is 15.8. The fraction of sp³-hybridized carbons (Fsp3) is 0.615. The fourth-order valence-corrected chi connectivity index (χ4v) is 1.93. The predicted molar refractivity (Wildman–Crippen MR) is 77.8 cm³/mol. The minimum absolute atomic E-state index is 0.00679. The second-order valence-corrected chi connectivity index (χ2v) is 5.31. The summed E-state index contributed by atoms with van der Waals surface area (Å²) in [6.45, 7) is 10.8. The van der Waals surface area contributed by atoms with E-state index in [0.717, 1.165) is 25.0 Å². The van der Waals surface area contributed by atoms with E-state index < -0.39 is 0 Å². The van der Waals surface area contributed by atoms with Gasteiger partial charge in [-0.3, -0.25) is 4.79 Å². The Morgan fingerprint density at radius 2 is 2.21 bits per heavy atom. The van der Waals surface area contributed by atoms with Crippen molar-refractivity contribution in [2.24, 2.45) is 0 Å². The third-order valence-corrected chi connectivity index (χ3v) is 3.52. The zero-order valence-electron chi connectivity index (χ0n) is 11.4. The van der Waals surface area contributed by atoms with Crippen LogP contribution in [0.3, 0.4) is 0 Å². The number of likely N-dealkylation sites (tertiary alicyclic amines) is 1. The van der Waals surface area contributed by atoms with Crippen LogP contribution in [0.4, 0.5) is 0 Å². The summed E-state index contributed by atoms with van der Waals surface area (Å²) in [5.41, 5.74) is 1.39. The van der Waals surface area contributed by atoms with Crippen LogP contribution in [0.2, 0.25) is 0 Å². The quantitative estimate of drug-likeness (QED) is 0.319. The maximum Gasteiger partial charge on any atom is 0.253 e. The molecule has 0 spiro atoms. The summed E-state index contributed by atoms with van der Waals surface area (Å²) in [7, 11) is 1.79. The van der Waals surface area contributed by atoms with Gasteiger partial charge < -0.3 is 14.2 Å². The number of hydrogen-bond acceptors (Lipinski definition) is 5. The number of piperidine rings is 1. The lowest BCUT2D eigenvalue weighted by atomic mass is 10.0. The van der Waals surface area contributed by atoms with E-state index >= 15 is 0 Å². The molecule has 0 radical (unpaired) electrons. The molecule has 1 saturated heterocycles. The molecule has 1 rings (SSSR count). The third-order valence-electron chi connectivity index (χ3n) is 3.06.